The third-order valence-corrected chi connectivity index (χ3v) is 6.86. The Morgan fingerprint density at radius 3 is 2.47 bits per heavy atom. The van der Waals surface area contributed by atoms with Crippen molar-refractivity contribution in [2.45, 2.75) is 63.5 Å². The first-order valence-corrected chi connectivity index (χ1v) is 12.9. The predicted octanol–water partition coefficient (Wildman–Crippen LogP) is 2.86. The highest BCUT2D eigenvalue weighted by Gasteiger charge is 2.43. The van der Waals surface area contributed by atoms with Gasteiger partial charge in [-0.05, 0) is 56.4 Å². The monoisotopic (exact) mass is 488 g/mol. The zero-order valence-corrected chi connectivity index (χ0v) is 20.6. The fourth-order valence-electron chi connectivity index (χ4n) is 4.20. The smallest absolute Gasteiger partial charge is 0.329 e. The Morgan fingerprint density at radius 1 is 1.15 bits per heavy atom. The van der Waals surface area contributed by atoms with E-state index in [2.05, 4.69) is 11.3 Å². The molecule has 9 heteroatoms. The summed E-state index contributed by atoms with van der Waals surface area (Å²) in [6, 6.07) is 11.7. The number of carbonyl (C=O) groups excluding carboxylic acids is 2. The summed E-state index contributed by atoms with van der Waals surface area (Å²) in [7, 11) is -3.94. The van der Waals surface area contributed by atoms with Crippen molar-refractivity contribution in [3.63, 3.8) is 0 Å². The van der Waals surface area contributed by atoms with Crippen LogP contribution < -0.4 is 4.72 Å². The van der Waals surface area contributed by atoms with E-state index < -0.39 is 39.6 Å². The molecule has 2 atom stereocenters. The lowest BCUT2D eigenvalue weighted by molar-refractivity contribution is -0.163. The molecule has 0 aliphatic carbocycles. The molecule has 0 radical (unpaired) electrons. The number of ether oxygens (including phenoxy) is 1. The molecular formula is C25H32N2O6S. The maximum atomic E-state index is 13.2. The van der Waals surface area contributed by atoms with Crippen LogP contribution in [-0.2, 0) is 30.1 Å². The van der Waals surface area contributed by atoms with Gasteiger partial charge >= 0.3 is 5.97 Å². The average molecular weight is 489 g/mol. The van der Waals surface area contributed by atoms with Crippen molar-refractivity contribution in [2.75, 3.05) is 6.61 Å². The number of nitrogens with one attached hydrogen (secondary N) is 1. The molecule has 2 aromatic rings. The number of aliphatic hydroxyl groups excluding tert-OH is 1. The van der Waals surface area contributed by atoms with Gasteiger partial charge in [-0.2, -0.15) is 0 Å². The Hall–Kier alpha value is -2.91. The molecule has 1 saturated heterocycles. The Morgan fingerprint density at radius 2 is 1.82 bits per heavy atom. The molecule has 1 aliphatic heterocycles. The van der Waals surface area contributed by atoms with Crippen LogP contribution in [0.25, 0.3) is 10.8 Å². The predicted molar refractivity (Wildman–Crippen MR) is 130 cm³/mol. The summed E-state index contributed by atoms with van der Waals surface area (Å²) in [5.41, 5.74) is -0.518. The van der Waals surface area contributed by atoms with Crippen molar-refractivity contribution in [1.82, 2.24) is 9.62 Å². The van der Waals surface area contributed by atoms with Gasteiger partial charge in [-0.3, -0.25) is 9.52 Å². The second kappa shape index (κ2) is 10.1. The summed E-state index contributed by atoms with van der Waals surface area (Å²) >= 11 is 0. The van der Waals surface area contributed by atoms with Gasteiger partial charge in [-0.15, -0.1) is 0 Å². The van der Waals surface area contributed by atoms with Crippen molar-refractivity contribution >= 4 is 32.7 Å². The fraction of sp³-hybridized carbons (Fsp3) is 0.440. The summed E-state index contributed by atoms with van der Waals surface area (Å²) in [4.78, 5) is 27.3. The number of nitrogens with zero attached hydrogens (tertiary/aromatic N) is 1. The van der Waals surface area contributed by atoms with Crippen molar-refractivity contribution in [1.29, 1.82) is 0 Å². The number of fused-ring (bicyclic) bond motifs is 1. The summed E-state index contributed by atoms with van der Waals surface area (Å²) in [6.07, 6.45) is 1.12. The van der Waals surface area contributed by atoms with Gasteiger partial charge in [0.1, 0.15) is 17.3 Å². The Bertz CT molecular complexity index is 1190. The molecule has 1 amide bonds. The van der Waals surface area contributed by atoms with Gasteiger partial charge in [0.05, 0.1) is 5.75 Å². The first-order valence-electron chi connectivity index (χ1n) is 11.2. The van der Waals surface area contributed by atoms with E-state index in [4.69, 9.17) is 4.74 Å². The lowest BCUT2D eigenvalue weighted by atomic mass is 10.1. The summed E-state index contributed by atoms with van der Waals surface area (Å²) in [6.45, 7) is 8.67. The molecule has 1 heterocycles. The van der Waals surface area contributed by atoms with Gasteiger partial charge in [0.25, 0.3) is 5.91 Å². The number of sulfonamides is 1. The molecule has 0 aromatic heterocycles. The minimum atomic E-state index is -3.94. The number of aliphatic hydroxyl groups is 1. The Labute approximate surface area is 200 Å². The molecule has 34 heavy (non-hydrogen) atoms. The lowest BCUT2D eigenvalue weighted by Crippen LogP contribution is -2.49. The standard InChI is InChI=1S/C25H32N2O6S/c1-17(26-34(31,32)16-18-9-10-19-7-5-6-8-20(19)15-18)23(29)27-21(13-14-28)11-12-22(27)24(30)33-25(2,3)4/h5-10,15,21-22,26,28H,1,11-14,16H2,2-4H3/t21-,22+/m1/s1. The third-order valence-electron chi connectivity index (χ3n) is 5.59. The van der Waals surface area contributed by atoms with Crippen LogP contribution in [0.4, 0.5) is 0 Å². The highest BCUT2D eigenvalue weighted by Crippen LogP contribution is 2.29. The second-order valence-electron chi connectivity index (χ2n) is 9.53. The van der Waals surface area contributed by atoms with E-state index >= 15 is 0 Å². The van der Waals surface area contributed by atoms with Gasteiger partial charge in [-0.1, -0.05) is 49.0 Å². The summed E-state index contributed by atoms with van der Waals surface area (Å²) in [5, 5.41) is 11.3. The van der Waals surface area contributed by atoms with Gasteiger partial charge in [0, 0.05) is 12.6 Å². The van der Waals surface area contributed by atoms with Crippen LogP contribution in [0.2, 0.25) is 0 Å². The van der Waals surface area contributed by atoms with E-state index in [-0.39, 0.29) is 24.5 Å². The number of rotatable bonds is 8. The van der Waals surface area contributed by atoms with Crippen LogP contribution in [0.3, 0.4) is 0 Å². The van der Waals surface area contributed by atoms with E-state index in [1.807, 2.05) is 30.3 Å². The van der Waals surface area contributed by atoms with Crippen LogP contribution >= 0.6 is 0 Å². The van der Waals surface area contributed by atoms with Crippen molar-refractivity contribution in [3.8, 4) is 0 Å². The molecule has 0 bridgehead atoms. The number of esters is 1. The number of hydrogen-bond donors (Lipinski definition) is 2. The average Bonchev–Trinajstić information content (AvgIpc) is 3.15. The van der Waals surface area contributed by atoms with Gasteiger partial charge < -0.3 is 14.7 Å². The molecule has 1 aliphatic rings. The summed E-state index contributed by atoms with van der Waals surface area (Å²) < 4.78 is 33.3. The molecule has 2 aromatic carbocycles. The SMILES string of the molecule is C=C(NS(=O)(=O)Cc1ccc2ccccc2c1)C(=O)N1[C@@H](CCO)CC[C@H]1C(=O)OC(C)(C)C. The van der Waals surface area contributed by atoms with E-state index in [1.54, 1.807) is 32.9 Å². The van der Waals surface area contributed by atoms with E-state index in [0.29, 0.717) is 18.4 Å². The van der Waals surface area contributed by atoms with E-state index in [9.17, 15) is 23.1 Å². The Kier molecular flexibility index (Phi) is 7.67. The van der Waals surface area contributed by atoms with Crippen molar-refractivity contribution in [2.24, 2.45) is 0 Å². The second-order valence-corrected chi connectivity index (χ2v) is 11.2. The molecule has 0 unspecified atom stereocenters. The number of likely N-dealkylation sites (tertiary alicyclic amines) is 1. The van der Waals surface area contributed by atoms with Crippen molar-refractivity contribution in [3.05, 3.63) is 60.3 Å². The molecular weight excluding hydrogens is 456 g/mol. The zero-order chi connectivity index (χ0) is 25.1. The van der Waals surface area contributed by atoms with Crippen LogP contribution in [0, 0.1) is 0 Å². The maximum absolute atomic E-state index is 13.2. The third kappa shape index (κ3) is 6.36. The number of hydrogen-bond acceptors (Lipinski definition) is 6. The highest BCUT2D eigenvalue weighted by molar-refractivity contribution is 7.88. The zero-order valence-electron chi connectivity index (χ0n) is 19.8. The first-order chi connectivity index (χ1) is 15.9. The maximum Gasteiger partial charge on any atom is 0.329 e. The number of amides is 1. The summed E-state index contributed by atoms with van der Waals surface area (Å²) in [5.74, 6) is -1.60. The molecule has 0 spiro atoms. The normalized spacial score (nSPS) is 18.6. The van der Waals surface area contributed by atoms with Crippen LogP contribution in [0.1, 0.15) is 45.6 Å². The lowest BCUT2D eigenvalue weighted by Gasteiger charge is -2.31. The number of benzene rings is 2. The van der Waals surface area contributed by atoms with Gasteiger partial charge in [0.15, 0.2) is 0 Å². The van der Waals surface area contributed by atoms with E-state index in [0.717, 1.165) is 10.8 Å². The number of carbonyl (C=O) groups is 2. The molecule has 2 N–H and O–H groups in total. The van der Waals surface area contributed by atoms with Gasteiger partial charge in [0.2, 0.25) is 10.0 Å². The highest BCUT2D eigenvalue weighted by atomic mass is 32.2. The largest absolute Gasteiger partial charge is 0.458 e. The molecule has 184 valence electrons. The first kappa shape index (κ1) is 25.7. The molecule has 3 rings (SSSR count). The van der Waals surface area contributed by atoms with Crippen LogP contribution in [-0.4, -0.2) is 54.6 Å². The van der Waals surface area contributed by atoms with Crippen LogP contribution in [0.5, 0.6) is 0 Å². The van der Waals surface area contributed by atoms with E-state index in [1.165, 1.54) is 4.90 Å². The van der Waals surface area contributed by atoms with Crippen LogP contribution in [0.15, 0.2) is 54.7 Å². The van der Waals surface area contributed by atoms with Gasteiger partial charge in [-0.25, -0.2) is 13.2 Å². The quantitative estimate of drug-likeness (QED) is 0.436. The molecule has 1 fully saturated rings. The minimum Gasteiger partial charge on any atom is -0.458 e. The molecule has 8 nitrogen and oxygen atoms in total. The minimum absolute atomic E-state index is 0.171. The fourth-order valence-corrected chi connectivity index (χ4v) is 5.35. The molecule has 0 saturated carbocycles. The topological polar surface area (TPSA) is 113 Å². The van der Waals surface area contributed by atoms with Crippen molar-refractivity contribution < 1.29 is 27.9 Å². The Balaban J connectivity index is 1.75.